The van der Waals surface area contributed by atoms with E-state index in [2.05, 4.69) is 0 Å². The number of hydrogen-bond donors (Lipinski definition) is 0. The Morgan fingerprint density at radius 3 is 2.32 bits per heavy atom. The van der Waals surface area contributed by atoms with Gasteiger partial charge in [0.2, 0.25) is 5.91 Å². The first-order valence-electron chi connectivity index (χ1n) is 9.91. The minimum absolute atomic E-state index is 0.0815. The lowest BCUT2D eigenvalue weighted by molar-refractivity contribution is -0.129. The fraction of sp³-hybridized carbons (Fsp3) is 0.375. The Labute approximate surface area is 187 Å². The lowest BCUT2D eigenvalue weighted by Crippen LogP contribution is -2.28. The molecule has 0 saturated heterocycles. The van der Waals surface area contributed by atoms with Crippen LogP contribution < -0.4 is 4.74 Å². The van der Waals surface area contributed by atoms with Crippen LogP contribution in [0, 0.1) is 5.41 Å². The van der Waals surface area contributed by atoms with Crippen molar-refractivity contribution < 1.29 is 23.9 Å². The van der Waals surface area contributed by atoms with E-state index < -0.39 is 11.4 Å². The normalized spacial score (nSPS) is 11.0. The van der Waals surface area contributed by atoms with Gasteiger partial charge < -0.3 is 14.4 Å². The summed E-state index contributed by atoms with van der Waals surface area (Å²) < 4.78 is 10.5. The Balaban J connectivity index is 1.98. The lowest BCUT2D eigenvalue weighted by Gasteiger charge is -2.19. The van der Waals surface area contributed by atoms with E-state index in [0.29, 0.717) is 17.0 Å². The molecule has 0 atom stereocenters. The van der Waals surface area contributed by atoms with Gasteiger partial charge in [-0.2, -0.15) is 0 Å². The molecule has 0 saturated carbocycles. The van der Waals surface area contributed by atoms with E-state index in [9.17, 15) is 14.4 Å². The van der Waals surface area contributed by atoms with Crippen LogP contribution >= 0.6 is 11.8 Å². The minimum atomic E-state index is -0.576. The van der Waals surface area contributed by atoms with Crippen molar-refractivity contribution in [3.8, 4) is 5.75 Å². The highest BCUT2D eigenvalue weighted by atomic mass is 32.2. The molecule has 0 bridgehead atoms. The quantitative estimate of drug-likeness (QED) is 0.427. The molecule has 0 aliphatic rings. The summed E-state index contributed by atoms with van der Waals surface area (Å²) in [6.07, 6.45) is 0. The molecular weight excluding hydrogens is 414 g/mol. The number of esters is 1. The molecule has 0 N–H and O–H groups in total. The molecular formula is C24H29NO5S. The average molecular weight is 444 g/mol. The van der Waals surface area contributed by atoms with Crippen LogP contribution in [0.1, 0.15) is 36.7 Å². The number of Topliss-reactive ketones (excluding diaryl/α,β-unsaturated/α-hetero) is 1. The molecule has 1 amide bonds. The van der Waals surface area contributed by atoms with Crippen LogP contribution in [0.5, 0.6) is 5.75 Å². The topological polar surface area (TPSA) is 72.9 Å². The highest BCUT2D eigenvalue weighted by Crippen LogP contribution is 2.25. The van der Waals surface area contributed by atoms with Gasteiger partial charge in [-0.25, -0.2) is 4.79 Å². The molecule has 0 unspecified atom stereocenters. The second-order valence-electron chi connectivity index (χ2n) is 8.10. The van der Waals surface area contributed by atoms with Gasteiger partial charge in [0.05, 0.1) is 18.4 Å². The number of carbonyl (C=O) groups is 3. The fourth-order valence-corrected chi connectivity index (χ4v) is 3.59. The maximum atomic E-state index is 12.6. The Bertz CT molecular complexity index is 936. The van der Waals surface area contributed by atoms with E-state index in [1.807, 2.05) is 24.3 Å². The van der Waals surface area contributed by atoms with Gasteiger partial charge in [0.15, 0.2) is 12.4 Å². The van der Waals surface area contributed by atoms with Gasteiger partial charge >= 0.3 is 5.97 Å². The average Bonchev–Trinajstić information content (AvgIpc) is 2.75. The summed E-state index contributed by atoms with van der Waals surface area (Å²) in [5.41, 5.74) is 0.681. The molecule has 6 nitrogen and oxygen atoms in total. The van der Waals surface area contributed by atoms with Gasteiger partial charge in [-0.05, 0) is 18.2 Å². The third kappa shape index (κ3) is 7.14. The van der Waals surface area contributed by atoms with Crippen LogP contribution in [-0.2, 0) is 20.9 Å². The minimum Gasteiger partial charge on any atom is -0.496 e. The van der Waals surface area contributed by atoms with Crippen LogP contribution in [0.2, 0.25) is 0 Å². The number of thioether (sulfide) groups is 1. The monoisotopic (exact) mass is 443 g/mol. The van der Waals surface area contributed by atoms with Crippen LogP contribution in [0.4, 0.5) is 0 Å². The third-order valence-corrected chi connectivity index (χ3v) is 5.71. The zero-order valence-corrected chi connectivity index (χ0v) is 19.5. The molecule has 166 valence electrons. The first-order valence-corrected chi connectivity index (χ1v) is 10.9. The number of ketones is 1. The van der Waals surface area contributed by atoms with Crippen LogP contribution in [0.3, 0.4) is 0 Å². The Hall–Kier alpha value is -2.80. The highest BCUT2D eigenvalue weighted by Gasteiger charge is 2.23. The number of nitrogens with zero attached hydrogens (tertiary/aromatic N) is 1. The molecule has 31 heavy (non-hydrogen) atoms. The molecule has 2 aromatic carbocycles. The Kier molecular flexibility index (Phi) is 8.68. The second-order valence-corrected chi connectivity index (χ2v) is 9.11. The van der Waals surface area contributed by atoms with Crippen molar-refractivity contribution in [1.29, 1.82) is 0 Å². The number of carbonyl (C=O) groups excluding carboxylic acids is 3. The molecule has 0 heterocycles. The van der Waals surface area contributed by atoms with E-state index in [-0.39, 0.29) is 24.1 Å². The molecule has 0 radical (unpaired) electrons. The molecule has 2 aromatic rings. The van der Waals surface area contributed by atoms with Crippen molar-refractivity contribution in [3.63, 3.8) is 0 Å². The van der Waals surface area contributed by atoms with E-state index in [1.165, 1.54) is 11.8 Å². The first kappa shape index (κ1) is 24.5. The van der Waals surface area contributed by atoms with Crippen LogP contribution in [0.15, 0.2) is 53.4 Å². The zero-order chi connectivity index (χ0) is 23.0. The van der Waals surface area contributed by atoms with Gasteiger partial charge in [0.25, 0.3) is 0 Å². The van der Waals surface area contributed by atoms with E-state index in [0.717, 1.165) is 11.3 Å². The number of para-hydroxylation sites is 1. The standard InChI is InChI=1S/C24H29NO5S/c1-24(2,3)21(26)15-30-23(28)18-11-7-9-13-20(18)31-16-22(27)25(4)14-17-10-6-8-12-19(17)29-5/h6-13H,14-16H2,1-5H3. The van der Waals surface area contributed by atoms with Crippen molar-refractivity contribution in [1.82, 2.24) is 4.90 Å². The number of methoxy groups -OCH3 is 1. The smallest absolute Gasteiger partial charge is 0.339 e. The predicted octanol–water partition coefficient (Wildman–Crippen LogP) is 4.22. The Morgan fingerprint density at radius 2 is 1.65 bits per heavy atom. The predicted molar refractivity (Wildman–Crippen MR) is 121 cm³/mol. The Morgan fingerprint density at radius 1 is 1.00 bits per heavy atom. The van der Waals surface area contributed by atoms with Gasteiger partial charge in [0.1, 0.15) is 5.75 Å². The number of ether oxygens (including phenoxy) is 2. The van der Waals surface area contributed by atoms with Crippen LogP contribution in [0.25, 0.3) is 0 Å². The van der Waals surface area contributed by atoms with E-state index >= 15 is 0 Å². The molecule has 0 fully saturated rings. The van der Waals surface area contributed by atoms with Crippen LogP contribution in [-0.4, -0.2) is 49.1 Å². The summed E-state index contributed by atoms with van der Waals surface area (Å²) in [4.78, 5) is 39.4. The van der Waals surface area contributed by atoms with Crippen molar-refractivity contribution in [3.05, 3.63) is 59.7 Å². The maximum absolute atomic E-state index is 12.6. The van der Waals surface area contributed by atoms with Crippen molar-refractivity contribution in [2.45, 2.75) is 32.2 Å². The molecule has 7 heteroatoms. The summed E-state index contributed by atoms with van der Waals surface area (Å²) in [6, 6.07) is 14.5. The summed E-state index contributed by atoms with van der Waals surface area (Å²) >= 11 is 1.26. The molecule has 0 aliphatic carbocycles. The van der Waals surface area contributed by atoms with Gasteiger partial charge in [-0.3, -0.25) is 9.59 Å². The van der Waals surface area contributed by atoms with Crippen molar-refractivity contribution in [2.24, 2.45) is 5.41 Å². The van der Waals surface area contributed by atoms with Gasteiger partial charge in [-0.1, -0.05) is 51.1 Å². The molecule has 2 rings (SSSR count). The summed E-state index contributed by atoms with van der Waals surface area (Å²) in [5, 5.41) is 0. The number of hydrogen-bond acceptors (Lipinski definition) is 6. The molecule has 0 spiro atoms. The summed E-state index contributed by atoms with van der Waals surface area (Å²) in [6.45, 7) is 5.48. The van der Waals surface area contributed by atoms with Gasteiger partial charge in [0, 0.05) is 29.5 Å². The molecule has 0 aromatic heterocycles. The highest BCUT2D eigenvalue weighted by molar-refractivity contribution is 8.00. The SMILES string of the molecule is COc1ccccc1CN(C)C(=O)CSc1ccccc1C(=O)OCC(=O)C(C)(C)C. The number of rotatable bonds is 9. The lowest BCUT2D eigenvalue weighted by atomic mass is 9.91. The second kappa shape index (κ2) is 11.0. The summed E-state index contributed by atoms with van der Waals surface area (Å²) in [5.74, 6) is 0.0842. The number of benzene rings is 2. The van der Waals surface area contributed by atoms with E-state index in [1.54, 1.807) is 64.1 Å². The van der Waals surface area contributed by atoms with Gasteiger partial charge in [-0.15, -0.1) is 11.8 Å². The largest absolute Gasteiger partial charge is 0.496 e. The number of amides is 1. The van der Waals surface area contributed by atoms with E-state index in [4.69, 9.17) is 9.47 Å². The third-order valence-electron chi connectivity index (χ3n) is 4.65. The first-order chi connectivity index (χ1) is 14.6. The van der Waals surface area contributed by atoms with Crippen molar-refractivity contribution in [2.75, 3.05) is 26.5 Å². The molecule has 0 aliphatic heterocycles. The summed E-state index contributed by atoms with van der Waals surface area (Å²) in [7, 11) is 3.33. The fourth-order valence-electron chi connectivity index (χ4n) is 2.61. The zero-order valence-electron chi connectivity index (χ0n) is 18.6. The maximum Gasteiger partial charge on any atom is 0.339 e. The van der Waals surface area contributed by atoms with Crippen molar-refractivity contribution >= 4 is 29.4 Å².